The molecule has 0 aliphatic rings. The summed E-state index contributed by atoms with van der Waals surface area (Å²) in [5.41, 5.74) is 0. The first-order valence-corrected chi connectivity index (χ1v) is 0. The van der Waals surface area contributed by atoms with Gasteiger partial charge in [0.1, 0.15) is 0 Å². The van der Waals surface area contributed by atoms with Gasteiger partial charge in [-0.2, -0.15) is 0 Å². The zero-order valence-corrected chi connectivity index (χ0v) is 25.7. The molecule has 0 aromatic carbocycles. The van der Waals surface area contributed by atoms with Crippen molar-refractivity contribution in [1.29, 1.82) is 0 Å². The first-order chi connectivity index (χ1) is 0. The predicted molar refractivity (Wildman–Crippen MR) is 48.2 cm³/mol. The van der Waals surface area contributed by atoms with Gasteiger partial charge >= 0.3 is 94.4 Å². The van der Waals surface area contributed by atoms with Crippen LogP contribution in [-0.4, -0.2) is 160 Å². The smallest absolute Gasteiger partial charge is 0.870 e. The zero-order valence-electron chi connectivity index (χ0n) is 8.99. The molecule has 0 aromatic rings. The topological polar surface area (TPSA) is 372 Å². The maximum Gasteiger partial charge on any atom is 2.00 e. The van der Waals surface area contributed by atoms with Gasteiger partial charge in [0.15, 0.2) is 0 Å². The van der Waals surface area contributed by atoms with Crippen LogP contribution in [0.4, 0.5) is 0 Å². The standard InChI is InChI=1S/Ba.4Nb.12H2O.Sr/h;;;;;12*1H2;/q+2;;;;;;;;;;;;;;;;;+2/p-4. The minimum Gasteiger partial charge on any atom is -0.870 e. The zero-order chi connectivity index (χ0) is 0. The molecule has 0 saturated heterocycles. The molecule has 0 rings (SSSR count). The van der Waals surface area contributed by atoms with Crippen LogP contribution in [0.5, 0.6) is 0 Å². The third kappa shape index (κ3) is 297. The maximum atomic E-state index is 0. The molecular formula is H20BaNb4O12Sr. The van der Waals surface area contributed by atoms with E-state index < -0.39 is 0 Å². The summed E-state index contributed by atoms with van der Waals surface area (Å²) in [6.45, 7) is 0. The summed E-state index contributed by atoms with van der Waals surface area (Å²) < 4.78 is 0. The number of rotatable bonds is 0. The Morgan fingerprint density at radius 2 is 0.278 bits per heavy atom. The third-order valence-corrected chi connectivity index (χ3v) is 0. The molecule has 20 N–H and O–H groups in total. The molecule has 0 unspecified atom stereocenters. The molecule has 116 valence electrons. The Morgan fingerprint density at radius 1 is 0.278 bits per heavy atom. The monoisotopic (exact) mass is 810 g/mol. The molecule has 18 heavy (non-hydrogen) atoms. The van der Waals surface area contributed by atoms with Crippen LogP contribution in [0.15, 0.2) is 0 Å². The van der Waals surface area contributed by atoms with Gasteiger partial charge in [-0.3, -0.25) is 0 Å². The summed E-state index contributed by atoms with van der Waals surface area (Å²) in [7, 11) is 0. The van der Waals surface area contributed by atoms with E-state index in [1.807, 2.05) is 0 Å². The summed E-state index contributed by atoms with van der Waals surface area (Å²) in [5, 5.41) is 0. The maximum absolute atomic E-state index is 0. The Labute approximate surface area is 244 Å². The Bertz CT molecular complexity index is 24.0. The Balaban J connectivity index is 0. The number of hydrogen-bond donors (Lipinski definition) is 0. The molecule has 0 bridgehead atoms. The van der Waals surface area contributed by atoms with Crippen LogP contribution in [0.2, 0.25) is 0 Å². The van der Waals surface area contributed by atoms with Crippen LogP contribution >= 0.6 is 0 Å². The van der Waals surface area contributed by atoms with E-state index in [2.05, 4.69) is 0 Å². The van der Waals surface area contributed by atoms with Crippen molar-refractivity contribution in [3.05, 3.63) is 0 Å². The van der Waals surface area contributed by atoms with Crippen molar-refractivity contribution in [3.63, 3.8) is 0 Å². The fraction of sp³-hybridized carbons (Fsp3) is 0. The van der Waals surface area contributed by atoms with E-state index in [0.29, 0.717) is 0 Å². The van der Waals surface area contributed by atoms with Gasteiger partial charge in [-0.15, -0.1) is 0 Å². The van der Waals surface area contributed by atoms with E-state index in [1.54, 1.807) is 0 Å². The molecule has 0 saturated carbocycles. The van der Waals surface area contributed by atoms with E-state index in [0.717, 1.165) is 0 Å². The Kier molecular flexibility index (Phi) is 7400. The molecule has 0 atom stereocenters. The van der Waals surface area contributed by atoms with E-state index in [-0.39, 0.29) is 250 Å². The molecule has 18 heteroatoms. The second-order valence-electron chi connectivity index (χ2n) is 0. The number of hydrogen-bond acceptors (Lipinski definition) is 4. The van der Waals surface area contributed by atoms with Gasteiger partial charge in [0.25, 0.3) is 0 Å². The van der Waals surface area contributed by atoms with Crippen molar-refractivity contribution in [3.8, 4) is 0 Å². The quantitative estimate of drug-likeness (QED) is 0.215. The van der Waals surface area contributed by atoms with Gasteiger partial charge in [-0.25, -0.2) is 0 Å². The van der Waals surface area contributed by atoms with Crippen molar-refractivity contribution in [2.45, 2.75) is 0 Å². The molecule has 0 fully saturated rings. The molecule has 0 aliphatic heterocycles. The average Bonchev–Trinajstić information content (AvgIpc) is 0. The molecule has 0 aliphatic carbocycles. The summed E-state index contributed by atoms with van der Waals surface area (Å²) in [6.07, 6.45) is 0. The summed E-state index contributed by atoms with van der Waals surface area (Å²) >= 11 is 0. The van der Waals surface area contributed by atoms with Crippen molar-refractivity contribution < 1.29 is 155 Å². The van der Waals surface area contributed by atoms with Gasteiger partial charge in [0.05, 0.1) is 0 Å². The van der Waals surface area contributed by atoms with Crippen molar-refractivity contribution in [2.75, 3.05) is 0 Å². The normalized spacial score (nSPS) is 0. The van der Waals surface area contributed by atoms with Crippen LogP contribution in [0.25, 0.3) is 0 Å². The fourth-order valence-electron chi connectivity index (χ4n) is 0. The van der Waals surface area contributed by atoms with E-state index >= 15 is 0 Å². The SMILES string of the molecule is O.O.O.O.O.O.O.O.[Ba+2].[Nb].[Nb].[Nb].[Nb].[OH-].[OH-].[OH-].[OH-].[Sr+2]. The first kappa shape index (κ1) is 390. The van der Waals surface area contributed by atoms with Crippen molar-refractivity contribution in [1.82, 2.24) is 0 Å². The second kappa shape index (κ2) is 341. The van der Waals surface area contributed by atoms with Gasteiger partial charge in [0, 0.05) is 89.5 Å². The first-order valence-electron chi connectivity index (χ1n) is 0. The van der Waals surface area contributed by atoms with Gasteiger partial charge in [-0.05, 0) is 0 Å². The Hall–Kier alpha value is 5.53. The third-order valence-electron chi connectivity index (χ3n) is 0. The van der Waals surface area contributed by atoms with Gasteiger partial charge in [-0.1, -0.05) is 0 Å². The van der Waals surface area contributed by atoms with Crippen LogP contribution in [0.3, 0.4) is 0 Å². The van der Waals surface area contributed by atoms with Crippen molar-refractivity contribution in [2.24, 2.45) is 0 Å². The largest absolute Gasteiger partial charge is 2.00 e. The molecule has 0 spiro atoms. The van der Waals surface area contributed by atoms with Crippen LogP contribution in [0, 0.1) is 0 Å². The second-order valence-corrected chi connectivity index (χ2v) is 0. The Morgan fingerprint density at radius 3 is 0.278 bits per heavy atom. The van der Waals surface area contributed by atoms with Crippen molar-refractivity contribution >= 4 is 94.4 Å². The molecule has 0 aromatic heterocycles. The van der Waals surface area contributed by atoms with Crippen LogP contribution in [0.1, 0.15) is 0 Å². The minimum atomic E-state index is 0. The fourth-order valence-corrected chi connectivity index (χ4v) is 0. The predicted octanol–water partition coefficient (Wildman–Crippen LogP) is -8.08. The molecule has 12 nitrogen and oxygen atoms in total. The van der Waals surface area contributed by atoms with E-state index in [1.165, 1.54) is 0 Å². The summed E-state index contributed by atoms with van der Waals surface area (Å²) in [4.78, 5) is 0. The molecule has 0 heterocycles. The molecule has 0 amide bonds. The van der Waals surface area contributed by atoms with E-state index in [9.17, 15) is 0 Å². The van der Waals surface area contributed by atoms with Gasteiger partial charge in [0.2, 0.25) is 0 Å². The summed E-state index contributed by atoms with van der Waals surface area (Å²) in [6, 6.07) is 0. The molecular weight excluding hydrogens is 789 g/mol. The van der Waals surface area contributed by atoms with E-state index in [4.69, 9.17) is 0 Å². The van der Waals surface area contributed by atoms with Crippen LogP contribution < -0.4 is 0 Å². The van der Waals surface area contributed by atoms with Crippen LogP contribution in [-0.2, 0) is 89.5 Å². The minimum absolute atomic E-state index is 0. The molecule has 4 radical (unpaired) electrons. The summed E-state index contributed by atoms with van der Waals surface area (Å²) in [5.74, 6) is 0. The van der Waals surface area contributed by atoms with Gasteiger partial charge < -0.3 is 65.7 Å². The average molecular weight is 809 g/mol.